The monoisotopic (exact) mass is 398 g/mol. The predicted octanol–water partition coefficient (Wildman–Crippen LogP) is 3.41. The highest BCUT2D eigenvalue weighted by molar-refractivity contribution is 5.84. The molecule has 2 amide bonds. The third-order valence-electron chi connectivity index (χ3n) is 4.54. The smallest absolute Gasteiger partial charge is 0.328 e. The Balaban J connectivity index is 1.91. The maximum absolute atomic E-state index is 12.8. The lowest BCUT2D eigenvalue weighted by molar-refractivity contribution is -0.142. The van der Waals surface area contributed by atoms with Gasteiger partial charge in [0, 0.05) is 19.0 Å². The molecule has 156 valence electrons. The van der Waals surface area contributed by atoms with Crippen LogP contribution >= 0.6 is 0 Å². The third-order valence-corrected chi connectivity index (χ3v) is 4.54. The molecule has 0 aromatic heterocycles. The van der Waals surface area contributed by atoms with Crippen molar-refractivity contribution >= 4 is 12.0 Å². The average molecular weight is 399 g/mol. The van der Waals surface area contributed by atoms with E-state index in [1.165, 1.54) is 7.11 Å². The number of amides is 2. The Morgan fingerprint density at radius 3 is 2.10 bits per heavy atom. The predicted molar refractivity (Wildman–Crippen MR) is 112 cm³/mol. The van der Waals surface area contributed by atoms with Crippen LogP contribution in [0.1, 0.15) is 25.0 Å². The maximum Gasteiger partial charge on any atom is 0.328 e. The van der Waals surface area contributed by atoms with E-state index < -0.39 is 12.0 Å². The van der Waals surface area contributed by atoms with Crippen LogP contribution in [0.25, 0.3) is 0 Å². The summed E-state index contributed by atoms with van der Waals surface area (Å²) in [6, 6.07) is 18.3. The van der Waals surface area contributed by atoms with Crippen molar-refractivity contribution in [2.24, 2.45) is 0 Å². The molecule has 1 atom stereocenters. The van der Waals surface area contributed by atoms with Crippen LogP contribution in [0, 0.1) is 0 Å². The molecule has 0 aliphatic heterocycles. The number of methoxy groups -OCH3 is 1. The second kappa shape index (κ2) is 11.9. The molecule has 0 unspecified atom stereocenters. The zero-order valence-electron chi connectivity index (χ0n) is 17.3. The van der Waals surface area contributed by atoms with E-state index in [1.807, 2.05) is 74.5 Å². The van der Waals surface area contributed by atoms with Crippen molar-refractivity contribution in [3.63, 3.8) is 0 Å². The summed E-state index contributed by atoms with van der Waals surface area (Å²) in [5.41, 5.74) is 2.03. The molecule has 0 aliphatic rings. The number of ether oxygens (including phenoxy) is 2. The SMILES string of the molecule is COC(=O)[C@H](Cc1ccccc1)NC(=O)N(CCOCc1ccccc1)C(C)C. The number of hydrogen-bond donors (Lipinski definition) is 1. The second-order valence-electron chi connectivity index (χ2n) is 7.04. The van der Waals surface area contributed by atoms with Crippen LogP contribution in [0.2, 0.25) is 0 Å². The summed E-state index contributed by atoms with van der Waals surface area (Å²) in [7, 11) is 1.32. The molecule has 0 radical (unpaired) electrons. The Kier molecular flexibility index (Phi) is 9.18. The van der Waals surface area contributed by atoms with Gasteiger partial charge in [0.2, 0.25) is 0 Å². The Bertz CT molecular complexity index is 750. The first-order valence-electron chi connectivity index (χ1n) is 9.81. The average Bonchev–Trinajstić information content (AvgIpc) is 2.73. The van der Waals surface area contributed by atoms with Crippen molar-refractivity contribution in [3.8, 4) is 0 Å². The summed E-state index contributed by atoms with van der Waals surface area (Å²) in [4.78, 5) is 26.7. The largest absolute Gasteiger partial charge is 0.467 e. The Morgan fingerprint density at radius 2 is 1.55 bits per heavy atom. The summed E-state index contributed by atoms with van der Waals surface area (Å²) in [6.45, 7) is 5.19. The summed E-state index contributed by atoms with van der Waals surface area (Å²) in [6.07, 6.45) is 0.371. The molecule has 6 heteroatoms. The third kappa shape index (κ3) is 7.58. The van der Waals surface area contributed by atoms with Crippen molar-refractivity contribution in [3.05, 3.63) is 71.8 Å². The number of nitrogens with one attached hydrogen (secondary N) is 1. The van der Waals surface area contributed by atoms with Crippen molar-refractivity contribution in [2.75, 3.05) is 20.3 Å². The Hall–Kier alpha value is -2.86. The minimum absolute atomic E-state index is 0.0367. The highest BCUT2D eigenvalue weighted by atomic mass is 16.5. The normalized spacial score (nSPS) is 11.7. The summed E-state index contributed by atoms with van der Waals surface area (Å²) < 4.78 is 10.6. The van der Waals surface area contributed by atoms with Crippen molar-refractivity contribution < 1.29 is 19.1 Å². The Labute approximate surface area is 172 Å². The van der Waals surface area contributed by atoms with Gasteiger partial charge in [-0.15, -0.1) is 0 Å². The first-order chi connectivity index (χ1) is 14.0. The van der Waals surface area contributed by atoms with Crippen LogP contribution in [-0.2, 0) is 27.3 Å². The van der Waals surface area contributed by atoms with Gasteiger partial charge >= 0.3 is 12.0 Å². The minimum atomic E-state index is -0.749. The van der Waals surface area contributed by atoms with E-state index in [4.69, 9.17) is 9.47 Å². The molecule has 2 aromatic carbocycles. The van der Waals surface area contributed by atoms with Gasteiger partial charge in [-0.05, 0) is 25.0 Å². The van der Waals surface area contributed by atoms with Crippen molar-refractivity contribution in [1.29, 1.82) is 0 Å². The summed E-state index contributed by atoms with van der Waals surface area (Å²) in [5.74, 6) is -0.466. The van der Waals surface area contributed by atoms with Crippen LogP contribution in [0.15, 0.2) is 60.7 Å². The first-order valence-corrected chi connectivity index (χ1v) is 9.81. The van der Waals surface area contributed by atoms with Gasteiger partial charge in [-0.2, -0.15) is 0 Å². The van der Waals surface area contributed by atoms with Crippen LogP contribution in [0.4, 0.5) is 4.79 Å². The highest BCUT2D eigenvalue weighted by Crippen LogP contribution is 2.07. The number of rotatable bonds is 10. The molecule has 2 rings (SSSR count). The van der Waals surface area contributed by atoms with E-state index in [9.17, 15) is 9.59 Å². The molecule has 29 heavy (non-hydrogen) atoms. The molecule has 0 bridgehead atoms. The van der Waals surface area contributed by atoms with Crippen LogP contribution in [-0.4, -0.2) is 49.2 Å². The van der Waals surface area contributed by atoms with E-state index in [2.05, 4.69) is 5.32 Å². The van der Waals surface area contributed by atoms with Gasteiger partial charge in [0.1, 0.15) is 6.04 Å². The summed E-state index contributed by atoms with van der Waals surface area (Å²) >= 11 is 0. The molecule has 0 saturated heterocycles. The number of esters is 1. The lowest BCUT2D eigenvalue weighted by atomic mass is 10.1. The standard InChI is InChI=1S/C23H30N2O4/c1-18(2)25(14-15-29-17-20-12-8-5-9-13-20)23(27)24-21(22(26)28-3)16-19-10-6-4-7-11-19/h4-13,18,21H,14-17H2,1-3H3,(H,24,27)/t21-/m0/s1. The molecule has 1 N–H and O–H groups in total. The zero-order valence-corrected chi connectivity index (χ0v) is 17.3. The lowest BCUT2D eigenvalue weighted by Gasteiger charge is -2.29. The van der Waals surface area contributed by atoms with E-state index in [1.54, 1.807) is 4.90 Å². The second-order valence-corrected chi connectivity index (χ2v) is 7.04. The van der Waals surface area contributed by atoms with E-state index in [0.717, 1.165) is 11.1 Å². The fourth-order valence-electron chi connectivity index (χ4n) is 2.94. The number of hydrogen-bond acceptors (Lipinski definition) is 4. The van der Waals surface area contributed by atoms with Gasteiger partial charge in [-0.1, -0.05) is 60.7 Å². The molecule has 2 aromatic rings. The van der Waals surface area contributed by atoms with E-state index in [0.29, 0.717) is 26.2 Å². The van der Waals surface area contributed by atoms with Gasteiger partial charge in [-0.25, -0.2) is 9.59 Å². The molecular weight excluding hydrogens is 368 g/mol. The fraction of sp³-hybridized carbons (Fsp3) is 0.391. The number of nitrogens with zero attached hydrogens (tertiary/aromatic N) is 1. The molecular formula is C23H30N2O4. The maximum atomic E-state index is 12.8. The zero-order chi connectivity index (χ0) is 21.1. The van der Waals surface area contributed by atoms with Gasteiger partial charge in [0.15, 0.2) is 0 Å². The lowest BCUT2D eigenvalue weighted by Crippen LogP contribution is -2.52. The molecule has 0 heterocycles. The summed E-state index contributed by atoms with van der Waals surface area (Å²) in [5, 5.41) is 2.81. The molecule has 0 fully saturated rings. The van der Waals surface area contributed by atoms with Gasteiger partial charge in [0.25, 0.3) is 0 Å². The molecule has 0 spiro atoms. The topological polar surface area (TPSA) is 67.9 Å². The first kappa shape index (κ1) is 22.4. The van der Waals surface area contributed by atoms with Crippen LogP contribution < -0.4 is 5.32 Å². The minimum Gasteiger partial charge on any atom is -0.467 e. The number of benzene rings is 2. The highest BCUT2D eigenvalue weighted by Gasteiger charge is 2.25. The molecule has 6 nitrogen and oxygen atoms in total. The number of carbonyl (C=O) groups is 2. The quantitative estimate of drug-likeness (QED) is 0.492. The number of carbonyl (C=O) groups excluding carboxylic acids is 2. The van der Waals surface area contributed by atoms with E-state index >= 15 is 0 Å². The van der Waals surface area contributed by atoms with Crippen LogP contribution in [0.3, 0.4) is 0 Å². The molecule has 0 saturated carbocycles. The van der Waals surface area contributed by atoms with E-state index in [-0.39, 0.29) is 12.1 Å². The van der Waals surface area contributed by atoms with Gasteiger partial charge < -0.3 is 19.7 Å². The van der Waals surface area contributed by atoms with Crippen molar-refractivity contribution in [2.45, 2.75) is 39.0 Å². The Morgan fingerprint density at radius 1 is 0.966 bits per heavy atom. The van der Waals surface area contributed by atoms with Gasteiger partial charge in [-0.3, -0.25) is 0 Å². The van der Waals surface area contributed by atoms with Gasteiger partial charge in [0.05, 0.1) is 20.3 Å². The van der Waals surface area contributed by atoms with Crippen molar-refractivity contribution in [1.82, 2.24) is 10.2 Å². The number of urea groups is 1. The fourth-order valence-corrected chi connectivity index (χ4v) is 2.94. The molecule has 0 aliphatic carbocycles. The van der Waals surface area contributed by atoms with Crippen LogP contribution in [0.5, 0.6) is 0 Å².